The predicted octanol–water partition coefficient (Wildman–Crippen LogP) is 0.371. The van der Waals surface area contributed by atoms with E-state index in [9.17, 15) is 13.2 Å². The molecule has 0 fully saturated rings. The topological polar surface area (TPSA) is 84.5 Å². The number of carbonyl (C=O) groups excluding carboxylic acids is 1. The molecule has 1 rings (SSSR count). The molecule has 1 atom stereocenters. The van der Waals surface area contributed by atoms with E-state index in [4.69, 9.17) is 4.74 Å². The van der Waals surface area contributed by atoms with Crippen molar-refractivity contribution in [3.05, 3.63) is 35.9 Å². The molecule has 0 aliphatic heterocycles. The Bertz CT molecular complexity index is 516. The standard InChI is InChI=1S/C13H20N2O4S/c1-11(10-19-2)15-20(17,18)9-8-14-13(16)12-6-4-3-5-7-12/h3-7,11,15H,8-10H2,1-2H3,(H,14,16)/t11-/m0/s1. The largest absolute Gasteiger partial charge is 0.383 e. The van der Waals surface area contributed by atoms with Crippen LogP contribution in [0.5, 0.6) is 0 Å². The normalized spacial score (nSPS) is 12.9. The lowest BCUT2D eigenvalue weighted by Gasteiger charge is -2.13. The van der Waals surface area contributed by atoms with Gasteiger partial charge in [0.1, 0.15) is 0 Å². The summed E-state index contributed by atoms with van der Waals surface area (Å²) in [5, 5.41) is 2.57. The van der Waals surface area contributed by atoms with Gasteiger partial charge < -0.3 is 10.1 Å². The van der Waals surface area contributed by atoms with Crippen molar-refractivity contribution in [2.75, 3.05) is 26.0 Å². The van der Waals surface area contributed by atoms with Crippen LogP contribution in [0.3, 0.4) is 0 Å². The first-order valence-corrected chi connectivity index (χ1v) is 7.92. The molecular formula is C13H20N2O4S. The highest BCUT2D eigenvalue weighted by Crippen LogP contribution is 1.97. The maximum atomic E-state index is 11.7. The zero-order chi connectivity index (χ0) is 15.0. The monoisotopic (exact) mass is 300 g/mol. The summed E-state index contributed by atoms with van der Waals surface area (Å²) < 4.78 is 30.8. The Hall–Kier alpha value is -1.44. The van der Waals surface area contributed by atoms with Crippen molar-refractivity contribution >= 4 is 15.9 Å². The third-order valence-corrected chi connectivity index (χ3v) is 3.99. The van der Waals surface area contributed by atoms with Gasteiger partial charge >= 0.3 is 0 Å². The Morgan fingerprint density at radius 2 is 1.95 bits per heavy atom. The molecule has 112 valence electrons. The van der Waals surface area contributed by atoms with E-state index in [2.05, 4.69) is 10.0 Å². The van der Waals surface area contributed by atoms with Crippen LogP contribution in [-0.2, 0) is 14.8 Å². The molecule has 20 heavy (non-hydrogen) atoms. The van der Waals surface area contributed by atoms with Gasteiger partial charge in [-0.05, 0) is 19.1 Å². The fraction of sp³-hybridized carbons (Fsp3) is 0.462. The minimum Gasteiger partial charge on any atom is -0.383 e. The zero-order valence-corrected chi connectivity index (χ0v) is 12.4. The van der Waals surface area contributed by atoms with E-state index < -0.39 is 10.0 Å². The smallest absolute Gasteiger partial charge is 0.251 e. The molecule has 0 saturated carbocycles. The SMILES string of the molecule is COC[C@H](C)NS(=O)(=O)CCNC(=O)c1ccccc1. The van der Waals surface area contributed by atoms with Gasteiger partial charge in [0.15, 0.2) is 0 Å². The molecule has 0 heterocycles. The van der Waals surface area contributed by atoms with Crippen LogP contribution in [0, 0.1) is 0 Å². The third kappa shape index (κ3) is 6.14. The van der Waals surface area contributed by atoms with Crippen LogP contribution in [0.1, 0.15) is 17.3 Å². The number of carbonyl (C=O) groups is 1. The molecule has 1 amide bonds. The van der Waals surface area contributed by atoms with E-state index in [0.29, 0.717) is 12.2 Å². The second-order valence-corrected chi connectivity index (χ2v) is 6.29. The number of ether oxygens (including phenoxy) is 1. The van der Waals surface area contributed by atoms with Gasteiger partial charge in [0.25, 0.3) is 5.91 Å². The summed E-state index contributed by atoms with van der Waals surface area (Å²) >= 11 is 0. The number of nitrogens with one attached hydrogen (secondary N) is 2. The van der Waals surface area contributed by atoms with Crippen molar-refractivity contribution in [2.45, 2.75) is 13.0 Å². The average molecular weight is 300 g/mol. The molecule has 0 spiro atoms. The minimum atomic E-state index is -3.43. The van der Waals surface area contributed by atoms with Gasteiger partial charge in [0, 0.05) is 25.3 Å². The van der Waals surface area contributed by atoms with Gasteiger partial charge in [-0.15, -0.1) is 0 Å². The number of hydrogen-bond acceptors (Lipinski definition) is 4. The molecule has 0 saturated heterocycles. The van der Waals surface area contributed by atoms with Crippen LogP contribution in [0.4, 0.5) is 0 Å². The predicted molar refractivity (Wildman–Crippen MR) is 77.0 cm³/mol. The summed E-state index contributed by atoms with van der Waals surface area (Å²) in [5.41, 5.74) is 0.505. The number of amides is 1. The highest BCUT2D eigenvalue weighted by molar-refractivity contribution is 7.89. The van der Waals surface area contributed by atoms with Crippen LogP contribution >= 0.6 is 0 Å². The summed E-state index contributed by atoms with van der Waals surface area (Å²) in [6, 6.07) is 8.35. The minimum absolute atomic E-state index is 0.0583. The molecule has 0 aliphatic carbocycles. The molecule has 0 radical (unpaired) electrons. The number of rotatable bonds is 8. The Morgan fingerprint density at radius 3 is 2.55 bits per heavy atom. The first kappa shape index (κ1) is 16.6. The Labute approximate surface area is 119 Å². The molecule has 2 N–H and O–H groups in total. The number of hydrogen-bond donors (Lipinski definition) is 2. The molecule has 1 aromatic carbocycles. The van der Waals surface area contributed by atoms with Crippen molar-refractivity contribution in [2.24, 2.45) is 0 Å². The molecular weight excluding hydrogens is 280 g/mol. The molecule has 0 unspecified atom stereocenters. The van der Waals surface area contributed by atoms with Gasteiger partial charge in [-0.2, -0.15) is 0 Å². The van der Waals surface area contributed by atoms with Gasteiger partial charge in [0.2, 0.25) is 10.0 Å². The quantitative estimate of drug-likeness (QED) is 0.726. The second-order valence-electron chi connectivity index (χ2n) is 4.42. The van der Waals surface area contributed by atoms with Gasteiger partial charge in [-0.3, -0.25) is 4.79 Å². The summed E-state index contributed by atoms with van der Waals surface area (Å²) in [6.45, 7) is 2.07. The van der Waals surface area contributed by atoms with Gasteiger partial charge in [-0.25, -0.2) is 13.1 Å². The first-order chi connectivity index (χ1) is 9.44. The van der Waals surface area contributed by atoms with Crippen molar-refractivity contribution in [1.82, 2.24) is 10.0 Å². The summed E-state index contributed by atoms with van der Waals surface area (Å²) in [7, 11) is -1.92. The summed E-state index contributed by atoms with van der Waals surface area (Å²) in [4.78, 5) is 11.7. The van der Waals surface area contributed by atoms with Crippen LogP contribution in [0.2, 0.25) is 0 Å². The number of methoxy groups -OCH3 is 1. The molecule has 0 aliphatic rings. The van der Waals surface area contributed by atoms with Crippen LogP contribution in [0.15, 0.2) is 30.3 Å². The highest BCUT2D eigenvalue weighted by Gasteiger charge is 2.14. The van der Waals surface area contributed by atoms with E-state index in [-0.39, 0.29) is 24.2 Å². The third-order valence-electron chi connectivity index (χ3n) is 2.49. The van der Waals surface area contributed by atoms with E-state index in [1.165, 1.54) is 7.11 Å². The van der Waals surface area contributed by atoms with Gasteiger partial charge in [0.05, 0.1) is 12.4 Å². The Morgan fingerprint density at radius 1 is 1.30 bits per heavy atom. The molecule has 1 aromatic rings. The van der Waals surface area contributed by atoms with Crippen molar-refractivity contribution in [3.63, 3.8) is 0 Å². The fourth-order valence-electron chi connectivity index (χ4n) is 1.64. The maximum Gasteiger partial charge on any atom is 0.251 e. The lowest BCUT2D eigenvalue weighted by Crippen LogP contribution is -2.40. The van der Waals surface area contributed by atoms with E-state index in [1.54, 1.807) is 31.2 Å². The fourth-order valence-corrected chi connectivity index (χ4v) is 2.81. The summed E-state index contributed by atoms with van der Waals surface area (Å²) in [5.74, 6) is -0.453. The van der Waals surface area contributed by atoms with E-state index in [1.807, 2.05) is 6.07 Å². The lowest BCUT2D eigenvalue weighted by atomic mass is 10.2. The number of sulfonamides is 1. The lowest BCUT2D eigenvalue weighted by molar-refractivity contribution is 0.0956. The number of benzene rings is 1. The van der Waals surface area contributed by atoms with Crippen LogP contribution in [0.25, 0.3) is 0 Å². The van der Waals surface area contributed by atoms with Crippen molar-refractivity contribution in [1.29, 1.82) is 0 Å². The highest BCUT2D eigenvalue weighted by atomic mass is 32.2. The van der Waals surface area contributed by atoms with Crippen LogP contribution < -0.4 is 10.0 Å². The van der Waals surface area contributed by atoms with Crippen LogP contribution in [-0.4, -0.2) is 46.4 Å². The molecule has 7 heteroatoms. The molecule has 0 bridgehead atoms. The average Bonchev–Trinajstić information content (AvgIpc) is 2.39. The van der Waals surface area contributed by atoms with Gasteiger partial charge in [-0.1, -0.05) is 18.2 Å². The summed E-state index contributed by atoms with van der Waals surface area (Å²) in [6.07, 6.45) is 0. The van der Waals surface area contributed by atoms with E-state index >= 15 is 0 Å². The van der Waals surface area contributed by atoms with Crippen molar-refractivity contribution in [3.8, 4) is 0 Å². The first-order valence-electron chi connectivity index (χ1n) is 6.27. The van der Waals surface area contributed by atoms with E-state index in [0.717, 1.165) is 0 Å². The maximum absolute atomic E-state index is 11.7. The Kier molecular flexibility index (Phi) is 6.63. The zero-order valence-electron chi connectivity index (χ0n) is 11.6. The molecule has 0 aromatic heterocycles. The van der Waals surface area contributed by atoms with Crippen molar-refractivity contribution < 1.29 is 17.9 Å². The second kappa shape index (κ2) is 7.98. The Balaban J connectivity index is 2.38. The molecule has 6 nitrogen and oxygen atoms in total.